The summed E-state index contributed by atoms with van der Waals surface area (Å²) in [6, 6.07) is 0.0135. The van der Waals surface area contributed by atoms with E-state index in [9.17, 15) is 26.0 Å². The number of nitrogens with one attached hydrogen (secondary N) is 2. The van der Waals surface area contributed by atoms with Crippen molar-refractivity contribution >= 4 is 15.7 Å². The highest BCUT2D eigenvalue weighted by atomic mass is 32.2. The van der Waals surface area contributed by atoms with Crippen molar-refractivity contribution in [1.82, 2.24) is 5.32 Å². The number of rotatable bonds is 3. The van der Waals surface area contributed by atoms with Crippen LogP contribution in [0.4, 0.5) is 23.2 Å². The molecule has 1 fully saturated rings. The maximum absolute atomic E-state index is 13.3. The first-order valence-corrected chi connectivity index (χ1v) is 6.93. The van der Waals surface area contributed by atoms with Gasteiger partial charge in [-0.05, 0) is 13.0 Å². The van der Waals surface area contributed by atoms with Crippen LogP contribution in [0.2, 0.25) is 0 Å². The zero-order valence-corrected chi connectivity index (χ0v) is 10.3. The van der Waals surface area contributed by atoms with Crippen molar-refractivity contribution in [1.29, 1.82) is 0 Å². The summed E-state index contributed by atoms with van der Waals surface area (Å²) in [6.07, 6.45) is 0.246. The summed E-state index contributed by atoms with van der Waals surface area (Å²) in [5.41, 5.74) is -1.33. The SMILES string of the molecule is O=S(=O)(Nc1c(F)c(F)cc(F)c1F)C1CCNC1. The molecule has 4 nitrogen and oxygen atoms in total. The van der Waals surface area contributed by atoms with E-state index in [2.05, 4.69) is 5.32 Å². The van der Waals surface area contributed by atoms with Gasteiger partial charge in [0, 0.05) is 12.6 Å². The number of sulfonamides is 1. The topological polar surface area (TPSA) is 58.2 Å². The van der Waals surface area contributed by atoms with Crippen molar-refractivity contribution in [3.05, 3.63) is 29.3 Å². The molecule has 1 aromatic rings. The van der Waals surface area contributed by atoms with Crippen LogP contribution in [0.5, 0.6) is 0 Å². The first kappa shape index (κ1) is 14.1. The second-order valence-electron chi connectivity index (χ2n) is 4.11. The molecule has 0 aromatic heterocycles. The average Bonchev–Trinajstić information content (AvgIpc) is 2.87. The molecule has 0 amide bonds. The van der Waals surface area contributed by atoms with E-state index in [4.69, 9.17) is 0 Å². The van der Waals surface area contributed by atoms with Gasteiger partial charge >= 0.3 is 0 Å². The Balaban J connectivity index is 2.38. The van der Waals surface area contributed by atoms with Gasteiger partial charge < -0.3 is 5.32 Å². The quantitative estimate of drug-likeness (QED) is 0.654. The van der Waals surface area contributed by atoms with E-state index in [0.717, 1.165) is 0 Å². The lowest BCUT2D eigenvalue weighted by Crippen LogP contribution is -2.30. The monoisotopic (exact) mass is 298 g/mol. The van der Waals surface area contributed by atoms with Gasteiger partial charge in [0.15, 0.2) is 23.3 Å². The van der Waals surface area contributed by atoms with Gasteiger partial charge in [0.05, 0.1) is 5.25 Å². The Labute approximate surface area is 106 Å². The first-order valence-electron chi connectivity index (χ1n) is 5.38. The van der Waals surface area contributed by atoms with Gasteiger partial charge in [0.1, 0.15) is 5.69 Å². The minimum absolute atomic E-state index is 0.0135. The summed E-state index contributed by atoms with van der Waals surface area (Å²) in [5.74, 6) is -6.87. The van der Waals surface area contributed by atoms with Gasteiger partial charge in [0.2, 0.25) is 10.0 Å². The van der Waals surface area contributed by atoms with Crippen LogP contribution in [-0.2, 0) is 10.0 Å². The standard InChI is InChI=1S/C10H10F4N2O2S/c11-6-3-7(12)9(14)10(8(6)13)16-19(17,18)5-1-2-15-4-5/h3,5,15-16H,1-2,4H2. The molecule has 1 aliphatic rings. The molecule has 1 aliphatic heterocycles. The molecule has 0 bridgehead atoms. The summed E-state index contributed by atoms with van der Waals surface area (Å²) in [5, 5.41) is 1.86. The summed E-state index contributed by atoms with van der Waals surface area (Å²) in [6.45, 7) is 0.546. The number of halogens is 4. The lowest BCUT2D eigenvalue weighted by atomic mass is 10.3. The van der Waals surface area contributed by atoms with E-state index in [1.807, 2.05) is 0 Å². The second-order valence-corrected chi connectivity index (χ2v) is 6.07. The van der Waals surface area contributed by atoms with Gasteiger partial charge in [-0.25, -0.2) is 26.0 Å². The molecule has 106 valence electrons. The number of benzene rings is 1. The van der Waals surface area contributed by atoms with E-state index in [1.54, 1.807) is 4.72 Å². The fraction of sp³-hybridized carbons (Fsp3) is 0.400. The van der Waals surface area contributed by atoms with Crippen molar-refractivity contribution in [2.75, 3.05) is 17.8 Å². The van der Waals surface area contributed by atoms with Crippen molar-refractivity contribution in [2.24, 2.45) is 0 Å². The van der Waals surface area contributed by atoms with Gasteiger partial charge in [-0.15, -0.1) is 0 Å². The smallest absolute Gasteiger partial charge is 0.237 e. The van der Waals surface area contributed by atoms with Crippen molar-refractivity contribution in [2.45, 2.75) is 11.7 Å². The largest absolute Gasteiger partial charge is 0.315 e. The molecular formula is C10H10F4N2O2S. The maximum atomic E-state index is 13.3. The molecule has 1 unspecified atom stereocenters. The zero-order chi connectivity index (χ0) is 14.2. The molecule has 1 aromatic carbocycles. The van der Waals surface area contributed by atoms with Crippen LogP contribution >= 0.6 is 0 Å². The van der Waals surface area contributed by atoms with E-state index >= 15 is 0 Å². The lowest BCUT2D eigenvalue weighted by molar-refractivity contribution is 0.459. The Kier molecular flexibility index (Phi) is 3.68. The Hall–Kier alpha value is -1.35. The Morgan fingerprint density at radius 1 is 1.16 bits per heavy atom. The van der Waals surface area contributed by atoms with Crippen LogP contribution in [0.25, 0.3) is 0 Å². The average molecular weight is 298 g/mol. The summed E-state index contributed by atoms with van der Waals surface area (Å²) >= 11 is 0. The predicted molar refractivity (Wildman–Crippen MR) is 60.1 cm³/mol. The van der Waals surface area contributed by atoms with E-state index in [1.165, 1.54) is 0 Å². The molecular weight excluding hydrogens is 288 g/mol. The van der Waals surface area contributed by atoms with Gasteiger partial charge in [0.25, 0.3) is 0 Å². The fourth-order valence-electron chi connectivity index (χ4n) is 1.78. The predicted octanol–water partition coefficient (Wildman–Crippen LogP) is 1.35. The third-order valence-corrected chi connectivity index (χ3v) is 4.58. The molecule has 0 saturated carbocycles. The molecule has 19 heavy (non-hydrogen) atoms. The Morgan fingerprint density at radius 3 is 2.21 bits per heavy atom. The number of anilines is 1. The minimum Gasteiger partial charge on any atom is -0.315 e. The summed E-state index contributed by atoms with van der Waals surface area (Å²) in [4.78, 5) is 0. The lowest BCUT2D eigenvalue weighted by Gasteiger charge is -2.14. The Bertz CT molecular complexity index is 574. The van der Waals surface area contributed by atoms with Crippen LogP contribution in [0, 0.1) is 23.3 Å². The highest BCUT2D eigenvalue weighted by Crippen LogP contribution is 2.26. The van der Waals surface area contributed by atoms with E-state index < -0.39 is 44.2 Å². The van der Waals surface area contributed by atoms with Crippen molar-refractivity contribution < 1.29 is 26.0 Å². The summed E-state index contributed by atoms with van der Waals surface area (Å²) in [7, 11) is -4.12. The number of hydrogen-bond acceptors (Lipinski definition) is 3. The van der Waals surface area contributed by atoms with Gasteiger partial charge in [-0.1, -0.05) is 0 Å². The highest BCUT2D eigenvalue weighted by molar-refractivity contribution is 7.93. The molecule has 2 N–H and O–H groups in total. The molecule has 0 spiro atoms. The number of hydrogen-bond donors (Lipinski definition) is 2. The Morgan fingerprint density at radius 2 is 1.74 bits per heavy atom. The molecule has 0 radical (unpaired) electrons. The van der Waals surface area contributed by atoms with Crippen LogP contribution in [0.1, 0.15) is 6.42 Å². The summed E-state index contributed by atoms with van der Waals surface area (Å²) < 4.78 is 77.7. The molecule has 2 rings (SSSR count). The van der Waals surface area contributed by atoms with Crippen LogP contribution < -0.4 is 10.0 Å². The van der Waals surface area contributed by atoms with E-state index in [0.29, 0.717) is 6.54 Å². The van der Waals surface area contributed by atoms with Crippen LogP contribution in [-0.4, -0.2) is 26.8 Å². The normalized spacial score (nSPS) is 19.7. The first-order chi connectivity index (χ1) is 8.83. The third kappa shape index (κ3) is 2.66. The fourth-order valence-corrected chi connectivity index (χ4v) is 3.18. The van der Waals surface area contributed by atoms with Gasteiger partial charge in [-0.2, -0.15) is 0 Å². The molecule has 1 heterocycles. The van der Waals surface area contributed by atoms with E-state index in [-0.39, 0.29) is 19.0 Å². The third-order valence-electron chi connectivity index (χ3n) is 2.81. The van der Waals surface area contributed by atoms with Crippen molar-refractivity contribution in [3.8, 4) is 0 Å². The van der Waals surface area contributed by atoms with Crippen LogP contribution in [0.3, 0.4) is 0 Å². The molecule has 9 heteroatoms. The molecule has 1 atom stereocenters. The minimum atomic E-state index is -4.12. The second kappa shape index (κ2) is 4.97. The zero-order valence-electron chi connectivity index (χ0n) is 9.51. The molecule has 1 saturated heterocycles. The van der Waals surface area contributed by atoms with Crippen LogP contribution in [0.15, 0.2) is 6.07 Å². The molecule has 0 aliphatic carbocycles. The highest BCUT2D eigenvalue weighted by Gasteiger charge is 2.31. The van der Waals surface area contributed by atoms with Gasteiger partial charge in [-0.3, -0.25) is 4.72 Å². The maximum Gasteiger partial charge on any atom is 0.237 e. The van der Waals surface area contributed by atoms with Crippen molar-refractivity contribution in [3.63, 3.8) is 0 Å².